The number of benzene rings is 1. The van der Waals surface area contributed by atoms with Crippen LogP contribution in [0, 0.1) is 5.82 Å². The molecule has 0 saturated heterocycles. The van der Waals surface area contributed by atoms with E-state index >= 15 is 0 Å². The Morgan fingerprint density at radius 2 is 1.90 bits per heavy atom. The van der Waals surface area contributed by atoms with Crippen molar-refractivity contribution < 1.29 is 9.50 Å². The summed E-state index contributed by atoms with van der Waals surface area (Å²) >= 11 is 1.53. The van der Waals surface area contributed by atoms with Crippen LogP contribution < -0.4 is 0 Å². The van der Waals surface area contributed by atoms with Crippen LogP contribution >= 0.6 is 11.3 Å². The summed E-state index contributed by atoms with van der Waals surface area (Å²) in [6, 6.07) is 6.42. The largest absolute Gasteiger partial charge is 0.385 e. The van der Waals surface area contributed by atoms with Gasteiger partial charge in [-0.15, -0.1) is 11.3 Å². The van der Waals surface area contributed by atoms with E-state index in [-0.39, 0.29) is 11.2 Å². The average molecular weight is 307 g/mol. The van der Waals surface area contributed by atoms with E-state index in [0.717, 1.165) is 10.7 Å². The van der Waals surface area contributed by atoms with Gasteiger partial charge in [-0.25, -0.2) is 9.37 Å². The molecule has 114 valence electrons. The highest BCUT2D eigenvalue weighted by molar-refractivity contribution is 7.09. The fraction of sp³-hybridized carbons (Fsp3) is 0.471. The molecule has 1 unspecified atom stereocenters. The lowest BCUT2D eigenvalue weighted by atomic mass is 9.87. The molecule has 0 bridgehead atoms. The van der Waals surface area contributed by atoms with Gasteiger partial charge in [-0.2, -0.15) is 0 Å². The molecular formula is C17H22FNOS. The summed E-state index contributed by atoms with van der Waals surface area (Å²) in [6.07, 6.45) is 0.781. The monoisotopic (exact) mass is 307 g/mol. The minimum Gasteiger partial charge on any atom is -0.385 e. The van der Waals surface area contributed by atoms with E-state index in [1.54, 1.807) is 18.2 Å². The molecule has 0 aliphatic carbocycles. The van der Waals surface area contributed by atoms with E-state index in [2.05, 4.69) is 25.8 Å². The van der Waals surface area contributed by atoms with E-state index < -0.39 is 5.60 Å². The first-order valence-corrected chi connectivity index (χ1v) is 8.06. The van der Waals surface area contributed by atoms with E-state index in [1.165, 1.54) is 17.4 Å². The highest BCUT2D eigenvalue weighted by Gasteiger charge is 2.32. The van der Waals surface area contributed by atoms with Gasteiger partial charge in [0.25, 0.3) is 0 Å². The molecule has 4 heteroatoms. The summed E-state index contributed by atoms with van der Waals surface area (Å²) in [5.74, 6) is -0.366. The highest BCUT2D eigenvalue weighted by atomic mass is 32.1. The number of hydrogen-bond donors (Lipinski definition) is 1. The van der Waals surface area contributed by atoms with Gasteiger partial charge in [0.2, 0.25) is 0 Å². The van der Waals surface area contributed by atoms with Gasteiger partial charge in [0.05, 0.1) is 16.3 Å². The molecule has 1 atom stereocenters. The molecule has 21 heavy (non-hydrogen) atoms. The Hall–Kier alpha value is -1.26. The smallest absolute Gasteiger partial charge is 0.129 e. The average Bonchev–Trinajstić information content (AvgIpc) is 2.87. The molecule has 0 amide bonds. The molecule has 0 radical (unpaired) electrons. The van der Waals surface area contributed by atoms with Gasteiger partial charge >= 0.3 is 0 Å². The van der Waals surface area contributed by atoms with E-state index in [1.807, 2.05) is 12.3 Å². The molecule has 0 fully saturated rings. The standard InChI is InChI=1S/C17H22FNOS/c1-5-17(20,12-8-6-7-9-13(12)18)10-15-19-14(11-21-15)16(2,3)4/h6-9,11,20H,5,10H2,1-4H3. The van der Waals surface area contributed by atoms with Crippen molar-refractivity contribution in [1.29, 1.82) is 0 Å². The number of aliphatic hydroxyl groups is 1. The maximum absolute atomic E-state index is 14.0. The SMILES string of the molecule is CCC(O)(Cc1nc(C(C)(C)C)cs1)c1ccccc1F. The van der Waals surface area contributed by atoms with Crippen molar-refractivity contribution in [2.24, 2.45) is 0 Å². The van der Waals surface area contributed by atoms with E-state index in [4.69, 9.17) is 0 Å². The van der Waals surface area contributed by atoms with Crippen molar-refractivity contribution in [3.8, 4) is 0 Å². The Kier molecular flexibility index (Phi) is 4.49. The van der Waals surface area contributed by atoms with Gasteiger partial charge in [-0.1, -0.05) is 45.9 Å². The van der Waals surface area contributed by atoms with Gasteiger partial charge in [0.1, 0.15) is 5.82 Å². The summed E-state index contributed by atoms with van der Waals surface area (Å²) in [7, 11) is 0. The molecule has 1 aromatic carbocycles. The topological polar surface area (TPSA) is 33.1 Å². The van der Waals surface area contributed by atoms with Crippen molar-refractivity contribution in [2.45, 2.75) is 51.6 Å². The first-order chi connectivity index (χ1) is 9.76. The number of rotatable bonds is 4. The van der Waals surface area contributed by atoms with Crippen LogP contribution in [0.1, 0.15) is 50.4 Å². The third kappa shape index (κ3) is 3.50. The van der Waals surface area contributed by atoms with Gasteiger partial charge in [-0.3, -0.25) is 0 Å². The molecule has 0 aliphatic heterocycles. The molecule has 0 spiro atoms. The van der Waals surface area contributed by atoms with Crippen LogP contribution in [-0.2, 0) is 17.4 Å². The molecular weight excluding hydrogens is 285 g/mol. The van der Waals surface area contributed by atoms with Crippen LogP contribution in [0.15, 0.2) is 29.6 Å². The Morgan fingerprint density at radius 3 is 2.43 bits per heavy atom. The lowest BCUT2D eigenvalue weighted by Gasteiger charge is -2.27. The predicted octanol–water partition coefficient (Wildman–Crippen LogP) is 4.42. The van der Waals surface area contributed by atoms with Crippen LogP contribution in [0.25, 0.3) is 0 Å². The quantitative estimate of drug-likeness (QED) is 0.907. The van der Waals surface area contributed by atoms with Crippen molar-refractivity contribution in [2.75, 3.05) is 0 Å². The van der Waals surface area contributed by atoms with Crippen LogP contribution in [-0.4, -0.2) is 10.1 Å². The Balaban J connectivity index is 2.31. The molecule has 0 aliphatic rings. The summed E-state index contributed by atoms with van der Waals surface area (Å²) in [5, 5.41) is 13.7. The summed E-state index contributed by atoms with van der Waals surface area (Å²) < 4.78 is 14.0. The van der Waals surface area contributed by atoms with Gasteiger partial charge < -0.3 is 5.11 Å². The third-order valence-electron chi connectivity index (χ3n) is 3.72. The zero-order valence-electron chi connectivity index (χ0n) is 13.0. The summed E-state index contributed by atoms with van der Waals surface area (Å²) in [4.78, 5) is 4.61. The first-order valence-electron chi connectivity index (χ1n) is 7.18. The van der Waals surface area contributed by atoms with Crippen LogP contribution in [0.3, 0.4) is 0 Å². The first kappa shape index (κ1) is 16.1. The Morgan fingerprint density at radius 1 is 1.24 bits per heavy atom. The minimum absolute atomic E-state index is 0.0168. The zero-order valence-corrected chi connectivity index (χ0v) is 13.8. The van der Waals surface area contributed by atoms with Crippen molar-refractivity contribution >= 4 is 11.3 Å². The number of thiazole rings is 1. The van der Waals surface area contributed by atoms with E-state index in [9.17, 15) is 9.50 Å². The maximum atomic E-state index is 14.0. The number of halogens is 1. The number of nitrogens with zero attached hydrogens (tertiary/aromatic N) is 1. The fourth-order valence-electron chi connectivity index (χ4n) is 2.24. The van der Waals surface area contributed by atoms with Crippen molar-refractivity contribution in [3.05, 3.63) is 51.7 Å². The van der Waals surface area contributed by atoms with Gasteiger partial charge in [-0.05, 0) is 12.5 Å². The minimum atomic E-state index is -1.21. The summed E-state index contributed by atoms with van der Waals surface area (Å²) in [6.45, 7) is 8.18. The zero-order chi connectivity index (χ0) is 15.7. The predicted molar refractivity (Wildman–Crippen MR) is 85.1 cm³/mol. The summed E-state index contributed by atoms with van der Waals surface area (Å²) in [5.41, 5.74) is 0.129. The normalized spacial score (nSPS) is 15.0. The number of hydrogen-bond acceptors (Lipinski definition) is 3. The van der Waals surface area contributed by atoms with Gasteiger partial charge in [0, 0.05) is 22.8 Å². The second-order valence-electron chi connectivity index (χ2n) is 6.42. The van der Waals surface area contributed by atoms with Gasteiger partial charge in [0.15, 0.2) is 0 Å². The second-order valence-corrected chi connectivity index (χ2v) is 7.36. The van der Waals surface area contributed by atoms with Crippen LogP contribution in [0.4, 0.5) is 4.39 Å². The molecule has 2 rings (SSSR count). The molecule has 0 saturated carbocycles. The van der Waals surface area contributed by atoms with Crippen LogP contribution in [0.5, 0.6) is 0 Å². The molecule has 1 heterocycles. The lowest BCUT2D eigenvalue weighted by molar-refractivity contribution is 0.0290. The molecule has 2 nitrogen and oxygen atoms in total. The maximum Gasteiger partial charge on any atom is 0.129 e. The molecule has 1 N–H and O–H groups in total. The lowest BCUT2D eigenvalue weighted by Crippen LogP contribution is -2.29. The van der Waals surface area contributed by atoms with Crippen molar-refractivity contribution in [3.63, 3.8) is 0 Å². The van der Waals surface area contributed by atoms with Crippen molar-refractivity contribution in [1.82, 2.24) is 4.98 Å². The Bertz CT molecular complexity index is 617. The fourth-order valence-corrected chi connectivity index (χ4v) is 3.36. The van der Waals surface area contributed by atoms with E-state index in [0.29, 0.717) is 18.4 Å². The second kappa shape index (κ2) is 5.85. The molecule has 2 aromatic rings. The highest BCUT2D eigenvalue weighted by Crippen LogP contribution is 2.33. The molecule has 1 aromatic heterocycles. The number of aromatic nitrogens is 1. The Labute approximate surface area is 129 Å². The third-order valence-corrected chi connectivity index (χ3v) is 4.57. The van der Waals surface area contributed by atoms with Crippen LogP contribution in [0.2, 0.25) is 0 Å².